The molecular formula is C60H34N6. The van der Waals surface area contributed by atoms with E-state index in [0.29, 0.717) is 5.82 Å². The minimum Gasteiger partial charge on any atom is -0.264 e. The van der Waals surface area contributed by atoms with Gasteiger partial charge in [-0.25, -0.2) is 9.97 Å². The van der Waals surface area contributed by atoms with Gasteiger partial charge in [-0.15, -0.1) is 0 Å². The van der Waals surface area contributed by atoms with Crippen LogP contribution in [0.25, 0.3) is 143 Å². The average Bonchev–Trinajstić information content (AvgIpc) is 3.39. The maximum absolute atomic E-state index is 5.56. The van der Waals surface area contributed by atoms with Crippen molar-refractivity contribution in [1.82, 2.24) is 29.9 Å². The highest BCUT2D eigenvalue weighted by atomic mass is 14.9. The van der Waals surface area contributed by atoms with Gasteiger partial charge in [0.1, 0.15) is 0 Å². The third kappa shape index (κ3) is 5.62. The van der Waals surface area contributed by atoms with E-state index in [-0.39, 0.29) is 0 Å². The van der Waals surface area contributed by atoms with Gasteiger partial charge >= 0.3 is 0 Å². The third-order valence-electron chi connectivity index (χ3n) is 13.4. The van der Waals surface area contributed by atoms with Gasteiger partial charge in [-0.1, -0.05) is 109 Å². The minimum absolute atomic E-state index is 0.577. The van der Waals surface area contributed by atoms with Crippen molar-refractivity contribution in [1.29, 1.82) is 0 Å². The number of hydrogen-bond acceptors (Lipinski definition) is 6. The van der Waals surface area contributed by atoms with E-state index in [1.54, 1.807) is 12.4 Å². The Morgan fingerprint density at radius 3 is 1.36 bits per heavy atom. The number of hydrogen-bond donors (Lipinski definition) is 0. The fraction of sp³-hybridized carbons (Fsp3) is 0. The molecule has 6 nitrogen and oxygen atoms in total. The average molecular weight is 839 g/mol. The predicted octanol–water partition coefficient (Wildman–Crippen LogP) is 15.0. The van der Waals surface area contributed by atoms with E-state index < -0.39 is 0 Å². The van der Waals surface area contributed by atoms with E-state index in [2.05, 4.69) is 149 Å². The first-order valence-corrected chi connectivity index (χ1v) is 22.1. The van der Waals surface area contributed by atoms with E-state index in [1.807, 2.05) is 55.1 Å². The molecule has 14 rings (SSSR count). The second kappa shape index (κ2) is 14.3. The second-order valence-corrected chi connectivity index (χ2v) is 17.1. The topological polar surface area (TPSA) is 77.3 Å². The molecule has 0 saturated heterocycles. The van der Waals surface area contributed by atoms with Gasteiger partial charge < -0.3 is 0 Å². The molecule has 66 heavy (non-hydrogen) atoms. The zero-order valence-electron chi connectivity index (χ0n) is 35.3. The van der Waals surface area contributed by atoms with Crippen LogP contribution in [0.5, 0.6) is 0 Å². The van der Waals surface area contributed by atoms with Crippen molar-refractivity contribution in [3.05, 3.63) is 207 Å². The summed E-state index contributed by atoms with van der Waals surface area (Å²) >= 11 is 0. The van der Waals surface area contributed by atoms with Gasteiger partial charge in [0.2, 0.25) is 0 Å². The molecule has 5 heterocycles. The number of aromatic nitrogens is 6. The molecule has 0 N–H and O–H groups in total. The molecule has 304 valence electrons. The van der Waals surface area contributed by atoms with Gasteiger partial charge in [-0.2, -0.15) is 0 Å². The number of benzene rings is 9. The lowest BCUT2D eigenvalue weighted by Crippen LogP contribution is -1.99. The van der Waals surface area contributed by atoms with E-state index in [1.165, 1.54) is 64.6 Å². The van der Waals surface area contributed by atoms with Crippen LogP contribution in [0.2, 0.25) is 0 Å². The van der Waals surface area contributed by atoms with Crippen LogP contribution < -0.4 is 0 Å². The Morgan fingerprint density at radius 2 is 0.818 bits per heavy atom. The van der Waals surface area contributed by atoms with E-state index in [9.17, 15) is 0 Å². The lowest BCUT2D eigenvalue weighted by molar-refractivity contribution is 1.20. The Kier molecular flexibility index (Phi) is 7.88. The Labute approximate surface area is 378 Å². The first kappa shape index (κ1) is 36.5. The van der Waals surface area contributed by atoms with Crippen LogP contribution in [0.15, 0.2) is 207 Å². The van der Waals surface area contributed by atoms with Gasteiger partial charge in [0.25, 0.3) is 0 Å². The lowest BCUT2D eigenvalue weighted by Gasteiger charge is -2.19. The van der Waals surface area contributed by atoms with Crippen molar-refractivity contribution < 1.29 is 0 Å². The Bertz CT molecular complexity index is 4160. The van der Waals surface area contributed by atoms with Crippen LogP contribution in [0.4, 0.5) is 0 Å². The maximum atomic E-state index is 5.56. The van der Waals surface area contributed by atoms with Gasteiger partial charge in [0.15, 0.2) is 5.82 Å². The molecule has 0 saturated carbocycles. The molecule has 0 spiro atoms. The zero-order chi connectivity index (χ0) is 43.3. The van der Waals surface area contributed by atoms with Crippen LogP contribution in [0.1, 0.15) is 0 Å². The van der Waals surface area contributed by atoms with Crippen LogP contribution in [-0.2, 0) is 0 Å². The molecule has 0 bridgehead atoms. The van der Waals surface area contributed by atoms with E-state index in [0.717, 1.165) is 72.5 Å². The summed E-state index contributed by atoms with van der Waals surface area (Å²) in [5, 5.41) is 15.8. The van der Waals surface area contributed by atoms with Crippen LogP contribution in [0.3, 0.4) is 0 Å². The summed E-state index contributed by atoms with van der Waals surface area (Å²) in [4.78, 5) is 29.6. The molecule has 0 aliphatic rings. The van der Waals surface area contributed by atoms with Gasteiger partial charge in [-0.05, 0) is 142 Å². The van der Waals surface area contributed by atoms with Crippen LogP contribution in [-0.4, -0.2) is 29.9 Å². The molecule has 6 heteroatoms. The molecule has 9 aromatic carbocycles. The number of fused-ring (bicyclic) bond motifs is 1. The molecule has 0 aliphatic carbocycles. The predicted molar refractivity (Wildman–Crippen MR) is 271 cm³/mol. The first-order valence-electron chi connectivity index (χ1n) is 22.1. The third-order valence-corrected chi connectivity index (χ3v) is 13.4. The summed E-state index contributed by atoms with van der Waals surface area (Å²) < 4.78 is 0. The van der Waals surface area contributed by atoms with Crippen molar-refractivity contribution in [3.8, 4) is 67.4 Å². The minimum atomic E-state index is 0.577. The molecule has 0 aliphatic heterocycles. The van der Waals surface area contributed by atoms with Gasteiger partial charge in [-0.3, -0.25) is 19.9 Å². The Morgan fingerprint density at radius 1 is 0.303 bits per heavy atom. The summed E-state index contributed by atoms with van der Waals surface area (Å²) in [5.74, 6) is 0.577. The SMILES string of the molecule is c1cncc(-c2ccc(-c3nc(-c4ccc(-c5cccnc5)nc4)c4cc(-c5ccc6ccc7cccc8ccc5c6c78)cc(-c5ccc6ccc7cccc8ccc5c6c78)c4n3)cn2)c1. The largest absolute Gasteiger partial charge is 0.264 e. The molecular weight excluding hydrogens is 805 g/mol. The molecule has 0 radical (unpaired) electrons. The Hall–Kier alpha value is -9.00. The summed E-state index contributed by atoms with van der Waals surface area (Å²) in [6, 6.07) is 61.1. The zero-order valence-corrected chi connectivity index (χ0v) is 35.3. The molecule has 0 unspecified atom stereocenters. The molecule has 0 fully saturated rings. The van der Waals surface area contributed by atoms with Crippen molar-refractivity contribution in [2.75, 3.05) is 0 Å². The smallest absolute Gasteiger partial charge is 0.162 e. The van der Waals surface area contributed by atoms with Crippen molar-refractivity contribution >= 4 is 75.5 Å². The highest BCUT2D eigenvalue weighted by Crippen LogP contribution is 2.46. The molecule has 0 atom stereocenters. The van der Waals surface area contributed by atoms with E-state index in [4.69, 9.17) is 19.9 Å². The van der Waals surface area contributed by atoms with Crippen LogP contribution >= 0.6 is 0 Å². The second-order valence-electron chi connectivity index (χ2n) is 17.1. The summed E-state index contributed by atoms with van der Waals surface area (Å²) in [6.07, 6.45) is 11.0. The fourth-order valence-electron chi connectivity index (χ4n) is 10.3. The van der Waals surface area contributed by atoms with Gasteiger partial charge in [0, 0.05) is 70.4 Å². The van der Waals surface area contributed by atoms with Crippen molar-refractivity contribution in [2.24, 2.45) is 0 Å². The Balaban J connectivity index is 1.08. The number of pyridine rings is 4. The lowest BCUT2D eigenvalue weighted by atomic mass is 9.86. The molecule has 5 aromatic heterocycles. The highest BCUT2D eigenvalue weighted by molar-refractivity contribution is 6.28. The van der Waals surface area contributed by atoms with E-state index >= 15 is 0 Å². The summed E-state index contributed by atoms with van der Waals surface area (Å²) in [7, 11) is 0. The molecule has 0 amide bonds. The normalized spacial score (nSPS) is 11.9. The number of rotatable bonds is 6. The molecule has 14 aromatic rings. The quantitative estimate of drug-likeness (QED) is 0.155. The highest BCUT2D eigenvalue weighted by Gasteiger charge is 2.22. The van der Waals surface area contributed by atoms with Gasteiger partial charge in [0.05, 0.1) is 22.6 Å². The van der Waals surface area contributed by atoms with Crippen molar-refractivity contribution in [2.45, 2.75) is 0 Å². The van der Waals surface area contributed by atoms with Crippen molar-refractivity contribution in [3.63, 3.8) is 0 Å². The monoisotopic (exact) mass is 838 g/mol. The maximum Gasteiger partial charge on any atom is 0.162 e. The summed E-state index contributed by atoms with van der Waals surface area (Å²) in [6.45, 7) is 0. The number of nitrogens with zero attached hydrogens (tertiary/aromatic N) is 6. The summed E-state index contributed by atoms with van der Waals surface area (Å²) in [5.41, 5.74) is 11.2. The standard InChI is InChI=1S/C60H34N6/c1-5-35-11-13-39-15-21-46(48-23-17-37(7-1)54(35)56(39)48)45-29-50(47-22-16-40-14-12-36-6-2-8-38-18-24-49(47)57(40)55(36)38)59-51(30-45)58(43-19-25-52(63-33-43)41-9-3-27-61-31-41)65-60(66-59)44-20-26-53(64-34-44)42-10-4-28-62-32-42/h1-34H. The fourth-order valence-corrected chi connectivity index (χ4v) is 10.3. The first-order chi connectivity index (χ1) is 32.7. The van der Waals surface area contributed by atoms with Crippen LogP contribution in [0, 0.1) is 0 Å².